The first-order chi connectivity index (χ1) is 13.1. The Labute approximate surface area is 161 Å². The number of rotatable bonds is 3. The predicted octanol–water partition coefficient (Wildman–Crippen LogP) is 0.274. The Bertz CT molecular complexity index is 540. The van der Waals surface area contributed by atoms with Crippen molar-refractivity contribution in [2.24, 2.45) is 0 Å². The Morgan fingerprint density at radius 2 is 1.67 bits per heavy atom. The van der Waals surface area contributed by atoms with E-state index >= 15 is 0 Å². The molecule has 4 fully saturated rings. The Morgan fingerprint density at radius 1 is 0.963 bits per heavy atom. The van der Waals surface area contributed by atoms with Crippen molar-refractivity contribution >= 4 is 11.9 Å². The van der Waals surface area contributed by atoms with Gasteiger partial charge in [-0.15, -0.1) is 0 Å². The van der Waals surface area contributed by atoms with Crippen LogP contribution in [0.5, 0.6) is 0 Å². The fourth-order valence-electron chi connectivity index (χ4n) is 4.55. The summed E-state index contributed by atoms with van der Waals surface area (Å²) in [5.74, 6) is 0.160. The average molecular weight is 380 g/mol. The molecule has 0 aromatic heterocycles. The van der Waals surface area contributed by atoms with Crippen molar-refractivity contribution < 1.29 is 19.1 Å². The molecule has 1 spiro atoms. The normalized spacial score (nSPS) is 28.7. The molecule has 8 heteroatoms. The van der Waals surface area contributed by atoms with Crippen molar-refractivity contribution in [1.82, 2.24) is 20.0 Å². The first-order valence-corrected chi connectivity index (χ1v) is 10.4. The maximum absolute atomic E-state index is 12.6. The Hall–Kier alpha value is -1.38. The molecule has 1 aliphatic carbocycles. The van der Waals surface area contributed by atoms with Crippen LogP contribution in [0.2, 0.25) is 0 Å². The molecule has 3 amide bonds. The van der Waals surface area contributed by atoms with Gasteiger partial charge in [-0.05, 0) is 32.1 Å². The molecule has 0 radical (unpaired) electrons. The minimum absolute atomic E-state index is 0.0108. The quantitative estimate of drug-likeness (QED) is 0.761. The molecule has 3 heterocycles. The van der Waals surface area contributed by atoms with Crippen molar-refractivity contribution in [3.05, 3.63) is 0 Å². The summed E-state index contributed by atoms with van der Waals surface area (Å²) in [6.07, 6.45) is 5.33. The molecule has 1 atom stereocenters. The van der Waals surface area contributed by atoms with E-state index in [1.165, 1.54) is 6.42 Å². The molecule has 0 bridgehead atoms. The van der Waals surface area contributed by atoms with Crippen LogP contribution >= 0.6 is 0 Å². The van der Waals surface area contributed by atoms with Gasteiger partial charge in [0.05, 0.1) is 25.4 Å². The molecule has 4 rings (SSSR count). The highest BCUT2D eigenvalue weighted by molar-refractivity contribution is 5.79. The summed E-state index contributed by atoms with van der Waals surface area (Å²) < 4.78 is 11.3. The number of nitrogens with one attached hydrogen (secondary N) is 1. The van der Waals surface area contributed by atoms with Crippen LogP contribution in [-0.2, 0) is 14.3 Å². The van der Waals surface area contributed by atoms with Crippen LogP contribution in [0, 0.1) is 0 Å². The highest BCUT2D eigenvalue weighted by Crippen LogP contribution is 2.42. The number of ether oxygens (including phenoxy) is 2. The molecule has 0 aromatic carbocycles. The zero-order valence-electron chi connectivity index (χ0n) is 16.2. The third-order valence-electron chi connectivity index (χ3n) is 6.47. The number of piperazine rings is 1. The van der Waals surface area contributed by atoms with Gasteiger partial charge in [0.1, 0.15) is 0 Å². The monoisotopic (exact) mass is 380 g/mol. The molecule has 3 saturated heterocycles. The van der Waals surface area contributed by atoms with E-state index in [0.717, 1.165) is 45.4 Å². The first-order valence-electron chi connectivity index (χ1n) is 10.4. The lowest BCUT2D eigenvalue weighted by molar-refractivity contribution is -0.136. The van der Waals surface area contributed by atoms with Crippen molar-refractivity contribution in [1.29, 1.82) is 0 Å². The summed E-state index contributed by atoms with van der Waals surface area (Å²) in [6.45, 7) is 6.70. The third-order valence-corrected chi connectivity index (χ3v) is 6.47. The van der Waals surface area contributed by atoms with Crippen molar-refractivity contribution in [2.45, 2.75) is 43.7 Å². The SMILES string of the molecule is O=C(CN1CCOCC1)N1CCN(C(=O)NC2CCOC3(CCC3)C2)CC1. The van der Waals surface area contributed by atoms with E-state index in [1.54, 1.807) is 0 Å². The second kappa shape index (κ2) is 8.32. The lowest BCUT2D eigenvalue weighted by Gasteiger charge is -2.47. The maximum atomic E-state index is 12.6. The van der Waals surface area contributed by atoms with Crippen LogP contribution in [0.1, 0.15) is 32.1 Å². The van der Waals surface area contributed by atoms with Gasteiger partial charge in [0.15, 0.2) is 0 Å². The molecule has 152 valence electrons. The fourth-order valence-corrected chi connectivity index (χ4v) is 4.55. The van der Waals surface area contributed by atoms with Crippen LogP contribution in [0.25, 0.3) is 0 Å². The molecule has 8 nitrogen and oxygen atoms in total. The molecule has 3 aliphatic heterocycles. The number of carbonyl (C=O) groups excluding carboxylic acids is 2. The highest BCUT2D eigenvalue weighted by atomic mass is 16.5. The van der Waals surface area contributed by atoms with Gasteiger partial charge in [-0.1, -0.05) is 0 Å². The van der Waals surface area contributed by atoms with Gasteiger partial charge < -0.3 is 24.6 Å². The van der Waals surface area contributed by atoms with Crippen LogP contribution in [-0.4, -0.2) is 104 Å². The van der Waals surface area contributed by atoms with Crippen molar-refractivity contribution in [3.8, 4) is 0 Å². The summed E-state index contributed by atoms with van der Waals surface area (Å²) in [7, 11) is 0. The van der Waals surface area contributed by atoms with E-state index in [4.69, 9.17) is 9.47 Å². The zero-order chi connectivity index (χ0) is 18.7. The summed E-state index contributed by atoms with van der Waals surface area (Å²) in [6, 6.07) is 0.226. The third kappa shape index (κ3) is 4.55. The number of hydrogen-bond acceptors (Lipinski definition) is 5. The minimum atomic E-state index is 0.0108. The zero-order valence-corrected chi connectivity index (χ0v) is 16.2. The van der Waals surface area contributed by atoms with E-state index in [-0.39, 0.29) is 23.6 Å². The van der Waals surface area contributed by atoms with E-state index in [2.05, 4.69) is 10.2 Å². The predicted molar refractivity (Wildman–Crippen MR) is 99.5 cm³/mol. The van der Waals surface area contributed by atoms with Gasteiger partial charge >= 0.3 is 6.03 Å². The second-order valence-electron chi connectivity index (χ2n) is 8.28. The van der Waals surface area contributed by atoms with Crippen LogP contribution in [0.4, 0.5) is 4.79 Å². The lowest BCUT2D eigenvalue weighted by atomic mass is 9.74. The van der Waals surface area contributed by atoms with Crippen molar-refractivity contribution in [3.63, 3.8) is 0 Å². The number of nitrogens with zero attached hydrogens (tertiary/aromatic N) is 3. The maximum Gasteiger partial charge on any atom is 0.317 e. The Balaban J connectivity index is 1.19. The molecule has 1 unspecified atom stereocenters. The van der Waals surface area contributed by atoms with Gasteiger partial charge in [0.25, 0.3) is 0 Å². The molecule has 0 aromatic rings. The minimum Gasteiger partial charge on any atom is -0.379 e. The smallest absolute Gasteiger partial charge is 0.317 e. The van der Waals surface area contributed by atoms with Gasteiger partial charge in [-0.3, -0.25) is 9.69 Å². The standard InChI is InChI=1S/C19H32N4O4/c24-17(15-21-9-12-26-13-10-21)22-5-7-23(8-6-22)18(25)20-16-2-11-27-19(14-16)3-1-4-19/h16H,1-15H2,(H,20,25). The molecule has 1 saturated carbocycles. The van der Waals surface area contributed by atoms with E-state index in [1.807, 2.05) is 9.80 Å². The summed E-state index contributed by atoms with van der Waals surface area (Å²) in [5, 5.41) is 3.20. The van der Waals surface area contributed by atoms with Crippen LogP contribution < -0.4 is 5.32 Å². The second-order valence-corrected chi connectivity index (χ2v) is 8.28. The fraction of sp³-hybridized carbons (Fsp3) is 0.895. The number of carbonyl (C=O) groups is 2. The summed E-state index contributed by atoms with van der Waals surface area (Å²) in [5.41, 5.74) is 0.0425. The molecular weight excluding hydrogens is 348 g/mol. The highest BCUT2D eigenvalue weighted by Gasteiger charge is 2.43. The van der Waals surface area contributed by atoms with Crippen LogP contribution in [0.15, 0.2) is 0 Å². The number of morpholine rings is 1. The number of hydrogen-bond donors (Lipinski definition) is 1. The Kier molecular flexibility index (Phi) is 5.85. The van der Waals surface area contributed by atoms with Gasteiger partial charge in [-0.25, -0.2) is 4.79 Å². The number of amides is 3. The topological polar surface area (TPSA) is 74.4 Å². The van der Waals surface area contributed by atoms with E-state index in [9.17, 15) is 9.59 Å². The Morgan fingerprint density at radius 3 is 2.33 bits per heavy atom. The summed E-state index contributed by atoms with van der Waals surface area (Å²) >= 11 is 0. The van der Waals surface area contributed by atoms with E-state index in [0.29, 0.717) is 45.9 Å². The van der Waals surface area contributed by atoms with Crippen molar-refractivity contribution in [2.75, 3.05) is 65.6 Å². The molecular formula is C19H32N4O4. The molecule has 4 aliphatic rings. The molecule has 1 N–H and O–H groups in total. The molecule has 27 heavy (non-hydrogen) atoms. The van der Waals surface area contributed by atoms with Gasteiger partial charge in [-0.2, -0.15) is 0 Å². The largest absolute Gasteiger partial charge is 0.379 e. The van der Waals surface area contributed by atoms with Gasteiger partial charge in [0.2, 0.25) is 5.91 Å². The van der Waals surface area contributed by atoms with E-state index < -0.39 is 0 Å². The lowest BCUT2D eigenvalue weighted by Crippen LogP contribution is -2.58. The summed E-state index contributed by atoms with van der Waals surface area (Å²) in [4.78, 5) is 31.0. The van der Waals surface area contributed by atoms with Gasteiger partial charge in [0, 0.05) is 51.9 Å². The first kappa shape index (κ1) is 19.0. The average Bonchev–Trinajstić information content (AvgIpc) is 2.68. The van der Waals surface area contributed by atoms with Crippen LogP contribution in [0.3, 0.4) is 0 Å². The number of urea groups is 1.